The van der Waals surface area contributed by atoms with Crippen LogP contribution in [0.2, 0.25) is 0 Å². The Morgan fingerprint density at radius 1 is 1.03 bits per heavy atom. The summed E-state index contributed by atoms with van der Waals surface area (Å²) in [5.74, 6) is 0.504. The van der Waals surface area contributed by atoms with E-state index in [2.05, 4.69) is 29.9 Å². The maximum Gasteiger partial charge on any atom is 0.434 e. The van der Waals surface area contributed by atoms with Crippen molar-refractivity contribution in [2.75, 3.05) is 7.11 Å². The first-order valence-electron chi connectivity index (χ1n) is 12.0. The van der Waals surface area contributed by atoms with Gasteiger partial charge in [0.2, 0.25) is 11.7 Å². The molecular weight excluding hydrogens is 511 g/mol. The van der Waals surface area contributed by atoms with E-state index in [9.17, 15) is 18.0 Å². The summed E-state index contributed by atoms with van der Waals surface area (Å²) in [6.45, 7) is 0. The number of ketones is 1. The number of carbonyl (C=O) groups is 1. The second kappa shape index (κ2) is 9.22. The summed E-state index contributed by atoms with van der Waals surface area (Å²) in [6, 6.07) is 9.60. The van der Waals surface area contributed by atoms with E-state index in [0.29, 0.717) is 28.0 Å². The Bertz CT molecular complexity index is 1730. The normalized spacial score (nSPS) is 13.6. The summed E-state index contributed by atoms with van der Waals surface area (Å²) in [7, 11) is 2.98. The number of imidazole rings is 1. The van der Waals surface area contributed by atoms with Crippen LogP contribution in [-0.4, -0.2) is 47.4 Å². The zero-order valence-corrected chi connectivity index (χ0v) is 20.8. The van der Waals surface area contributed by atoms with Crippen molar-refractivity contribution in [3.8, 4) is 28.7 Å². The first-order valence-corrected chi connectivity index (χ1v) is 12.0. The molecule has 0 bridgehead atoms. The average molecular weight is 531 g/mol. The number of pyridine rings is 1. The third-order valence-corrected chi connectivity index (χ3v) is 6.46. The summed E-state index contributed by atoms with van der Waals surface area (Å²) < 4.78 is 46.1. The molecule has 0 N–H and O–H groups in total. The van der Waals surface area contributed by atoms with Gasteiger partial charge < -0.3 is 9.30 Å². The summed E-state index contributed by atoms with van der Waals surface area (Å²) >= 11 is 0. The number of methoxy groups -OCH3 is 1. The molecule has 4 heterocycles. The average Bonchev–Trinajstić information content (AvgIpc) is 3.71. The van der Waals surface area contributed by atoms with Crippen molar-refractivity contribution in [3.63, 3.8) is 0 Å². The van der Waals surface area contributed by atoms with Gasteiger partial charge in [0.1, 0.15) is 28.9 Å². The fourth-order valence-electron chi connectivity index (χ4n) is 4.43. The second-order valence-electron chi connectivity index (χ2n) is 9.15. The third kappa shape index (κ3) is 4.47. The van der Waals surface area contributed by atoms with Gasteiger partial charge in [-0.3, -0.25) is 9.78 Å². The van der Waals surface area contributed by atoms with E-state index in [1.807, 2.05) is 0 Å². The van der Waals surface area contributed by atoms with Gasteiger partial charge in [0, 0.05) is 36.5 Å². The van der Waals surface area contributed by atoms with Gasteiger partial charge in [-0.15, -0.1) is 0 Å². The predicted octanol–water partition coefficient (Wildman–Crippen LogP) is 5.02. The number of hydrogen-bond acceptors (Lipinski definition) is 8. The van der Waals surface area contributed by atoms with Crippen LogP contribution in [0, 0.1) is 0 Å². The molecule has 0 unspecified atom stereocenters. The highest BCUT2D eigenvalue weighted by molar-refractivity contribution is 6.14. The van der Waals surface area contributed by atoms with Crippen LogP contribution in [-0.2, 0) is 13.2 Å². The molecule has 1 aliphatic rings. The Balaban J connectivity index is 1.43. The van der Waals surface area contributed by atoms with E-state index in [-0.39, 0.29) is 28.8 Å². The molecule has 0 atom stereocenters. The highest BCUT2D eigenvalue weighted by atomic mass is 19.4. The van der Waals surface area contributed by atoms with E-state index in [1.165, 1.54) is 37.2 Å². The van der Waals surface area contributed by atoms with Crippen LogP contribution in [0.25, 0.3) is 33.8 Å². The lowest BCUT2D eigenvalue weighted by Crippen LogP contribution is -2.10. The molecule has 0 saturated heterocycles. The Kier molecular flexibility index (Phi) is 5.82. The minimum atomic E-state index is -4.56. The molecule has 0 radical (unpaired) electrons. The van der Waals surface area contributed by atoms with E-state index in [1.54, 1.807) is 30.5 Å². The number of hydrogen-bond donors (Lipinski definition) is 0. The van der Waals surface area contributed by atoms with Crippen molar-refractivity contribution in [1.29, 1.82) is 0 Å². The molecule has 0 aliphatic heterocycles. The van der Waals surface area contributed by atoms with Crippen molar-refractivity contribution < 1.29 is 22.7 Å². The van der Waals surface area contributed by atoms with Crippen molar-refractivity contribution in [2.45, 2.75) is 24.9 Å². The standard InChI is InChI=1S/C27H20F3N7O2/c1-37-12-18(27(28,29)30)35-25(37)16-9-7-15(8-10-16)23(38)22-21-17(4-3-11-31-21)34-24(36-22)19-20(14-5-6-14)32-13-33-26(19)39-2/h3-4,7-14H,5-6H2,1-2H3. The van der Waals surface area contributed by atoms with Crippen molar-refractivity contribution in [2.24, 2.45) is 7.05 Å². The Labute approximate surface area is 219 Å². The maximum atomic E-state index is 13.7. The molecule has 5 aromatic rings. The second-order valence-corrected chi connectivity index (χ2v) is 9.15. The number of benzene rings is 1. The summed E-state index contributed by atoms with van der Waals surface area (Å²) in [6.07, 6.45) is 1.29. The molecule has 6 rings (SSSR count). The molecule has 9 nitrogen and oxygen atoms in total. The zero-order chi connectivity index (χ0) is 27.3. The fourth-order valence-corrected chi connectivity index (χ4v) is 4.43. The maximum absolute atomic E-state index is 13.7. The molecule has 12 heteroatoms. The number of nitrogens with zero attached hydrogens (tertiary/aromatic N) is 7. The van der Waals surface area contributed by atoms with Gasteiger partial charge >= 0.3 is 6.18 Å². The first kappa shape index (κ1) is 24.6. The molecule has 196 valence electrons. The minimum Gasteiger partial charge on any atom is -0.480 e. The Morgan fingerprint density at radius 3 is 2.46 bits per heavy atom. The van der Waals surface area contributed by atoms with Gasteiger partial charge in [-0.1, -0.05) is 24.3 Å². The lowest BCUT2D eigenvalue weighted by Gasteiger charge is -2.12. The number of aryl methyl sites for hydroxylation is 1. The quantitative estimate of drug-likeness (QED) is 0.281. The van der Waals surface area contributed by atoms with Gasteiger partial charge in [-0.25, -0.2) is 24.9 Å². The minimum absolute atomic E-state index is 0.0763. The van der Waals surface area contributed by atoms with E-state index < -0.39 is 17.7 Å². The van der Waals surface area contributed by atoms with Crippen LogP contribution < -0.4 is 4.74 Å². The molecule has 39 heavy (non-hydrogen) atoms. The highest BCUT2D eigenvalue weighted by Gasteiger charge is 2.35. The number of rotatable bonds is 6. The number of alkyl halides is 3. The van der Waals surface area contributed by atoms with Gasteiger partial charge in [-0.2, -0.15) is 13.2 Å². The molecule has 1 fully saturated rings. The molecule has 0 spiro atoms. The Morgan fingerprint density at radius 2 is 1.79 bits per heavy atom. The highest BCUT2D eigenvalue weighted by Crippen LogP contribution is 2.45. The molecule has 4 aromatic heterocycles. The van der Waals surface area contributed by atoms with Crippen LogP contribution in [0.1, 0.15) is 46.2 Å². The molecule has 1 saturated carbocycles. The largest absolute Gasteiger partial charge is 0.480 e. The first-order chi connectivity index (χ1) is 18.7. The summed E-state index contributed by atoms with van der Waals surface area (Å²) in [4.78, 5) is 39.7. The molecule has 0 amide bonds. The van der Waals surface area contributed by atoms with Gasteiger partial charge in [0.05, 0.1) is 18.3 Å². The monoisotopic (exact) mass is 531 g/mol. The SMILES string of the molecule is COc1ncnc(C2CC2)c1-c1nc(C(=O)c2ccc(-c3nc(C(F)(F)F)cn3C)cc2)c2ncccc2n1. The smallest absolute Gasteiger partial charge is 0.434 e. The van der Waals surface area contributed by atoms with Gasteiger partial charge in [0.15, 0.2) is 11.5 Å². The summed E-state index contributed by atoms with van der Waals surface area (Å²) in [5, 5.41) is 0. The van der Waals surface area contributed by atoms with Gasteiger partial charge in [-0.05, 0) is 25.0 Å². The van der Waals surface area contributed by atoms with Crippen LogP contribution in [0.3, 0.4) is 0 Å². The Hall–Kier alpha value is -4.74. The predicted molar refractivity (Wildman–Crippen MR) is 134 cm³/mol. The van der Waals surface area contributed by atoms with E-state index in [0.717, 1.165) is 24.7 Å². The lowest BCUT2D eigenvalue weighted by molar-refractivity contribution is -0.140. The van der Waals surface area contributed by atoms with Crippen LogP contribution in [0.15, 0.2) is 55.1 Å². The number of carbonyl (C=O) groups excluding carboxylic acids is 1. The van der Waals surface area contributed by atoms with Crippen LogP contribution in [0.4, 0.5) is 13.2 Å². The van der Waals surface area contributed by atoms with Crippen molar-refractivity contribution >= 4 is 16.8 Å². The molecule has 1 aromatic carbocycles. The topological polar surface area (TPSA) is 109 Å². The number of fused-ring (bicyclic) bond motifs is 1. The van der Waals surface area contributed by atoms with Crippen molar-refractivity contribution in [3.05, 3.63) is 77.8 Å². The van der Waals surface area contributed by atoms with Gasteiger partial charge in [0.25, 0.3) is 0 Å². The fraction of sp³-hybridized carbons (Fsp3) is 0.222. The molecule has 1 aliphatic carbocycles. The van der Waals surface area contributed by atoms with E-state index in [4.69, 9.17) is 4.74 Å². The third-order valence-electron chi connectivity index (χ3n) is 6.46. The van der Waals surface area contributed by atoms with Crippen molar-refractivity contribution in [1.82, 2.24) is 34.5 Å². The molecular formula is C27H20F3N7O2. The zero-order valence-electron chi connectivity index (χ0n) is 20.8. The summed E-state index contributed by atoms with van der Waals surface area (Å²) in [5.41, 5.74) is 1.87. The van der Waals surface area contributed by atoms with E-state index >= 15 is 0 Å². The number of ether oxygens (including phenoxy) is 1. The van der Waals surface area contributed by atoms with Crippen LogP contribution >= 0.6 is 0 Å². The lowest BCUT2D eigenvalue weighted by atomic mass is 10.0. The van der Waals surface area contributed by atoms with Crippen LogP contribution in [0.5, 0.6) is 5.88 Å². The number of aromatic nitrogens is 7. The number of halogens is 3.